The van der Waals surface area contributed by atoms with Crippen LogP contribution in [0, 0.1) is 0 Å². The molecule has 3 aromatic heterocycles. The fraction of sp³-hybridized carbons (Fsp3) is 0. The summed E-state index contributed by atoms with van der Waals surface area (Å²) in [6.45, 7) is 0. The Morgan fingerprint density at radius 1 is 0.317 bits per heavy atom. The van der Waals surface area contributed by atoms with Crippen LogP contribution >= 0.6 is 11.3 Å². The van der Waals surface area contributed by atoms with E-state index in [1.54, 1.807) is 11.3 Å². The van der Waals surface area contributed by atoms with Gasteiger partial charge in [0.2, 0.25) is 0 Å². The average Bonchev–Trinajstić information content (AvgIpc) is 4.05. The second-order valence-corrected chi connectivity index (χ2v) is 17.2. The second kappa shape index (κ2) is 14.3. The Hall–Kier alpha value is -7.98. The quantitative estimate of drug-likeness (QED) is 0.158. The third-order valence-electron chi connectivity index (χ3n) is 12.6. The predicted molar refractivity (Wildman–Crippen MR) is 270 cm³/mol. The van der Waals surface area contributed by atoms with Crippen LogP contribution in [0.25, 0.3) is 120 Å². The largest absolute Gasteiger partial charge is 0.309 e. The molecule has 0 amide bonds. The van der Waals surface area contributed by atoms with Gasteiger partial charge in [0.05, 0.1) is 28.9 Å². The number of rotatable bonds is 6. The van der Waals surface area contributed by atoms with Crippen molar-refractivity contribution < 1.29 is 6.85 Å². The number of fused-ring (bicyclic) bond motifs is 9. The molecule has 0 aliphatic heterocycles. The molecule has 0 radical (unpaired) electrons. The van der Waals surface area contributed by atoms with Crippen LogP contribution in [0.3, 0.4) is 0 Å². The molecule has 0 aliphatic carbocycles. The summed E-state index contributed by atoms with van der Waals surface area (Å²) >= 11 is 1.65. The van der Waals surface area contributed by atoms with Gasteiger partial charge in [0, 0.05) is 53.1 Å². The summed E-state index contributed by atoms with van der Waals surface area (Å²) in [5.41, 5.74) is 14.6. The lowest BCUT2D eigenvalue weighted by Crippen LogP contribution is -1.94. The Labute approximate surface area is 375 Å². The van der Waals surface area contributed by atoms with Crippen molar-refractivity contribution in [3.05, 3.63) is 230 Å². The van der Waals surface area contributed by atoms with E-state index < -0.39 is 0 Å². The Bertz CT molecular complexity index is 4170. The number of hydrogen-bond donors (Lipinski definition) is 0. The molecule has 0 saturated carbocycles. The van der Waals surface area contributed by atoms with E-state index in [1.807, 2.05) is 18.2 Å². The zero-order chi connectivity index (χ0) is 45.8. The lowest BCUT2D eigenvalue weighted by molar-refractivity contribution is 1.18. The molecule has 0 aliphatic rings. The second-order valence-electron chi connectivity index (χ2n) is 16.1. The number of benzene rings is 10. The van der Waals surface area contributed by atoms with Crippen LogP contribution in [0.4, 0.5) is 0 Å². The minimum Gasteiger partial charge on any atom is -0.309 e. The summed E-state index contributed by atoms with van der Waals surface area (Å²) in [6, 6.07) is 69.9. The molecule has 3 heterocycles. The first kappa shape index (κ1) is 31.0. The zero-order valence-electron chi connectivity index (χ0n) is 38.9. The summed E-state index contributed by atoms with van der Waals surface area (Å²) in [6.07, 6.45) is 0. The highest BCUT2D eigenvalue weighted by atomic mass is 32.1. The fourth-order valence-electron chi connectivity index (χ4n) is 9.72. The third-order valence-corrected chi connectivity index (χ3v) is 13.7. The summed E-state index contributed by atoms with van der Waals surface area (Å²) in [5, 5.41) is 6.61. The van der Waals surface area contributed by atoms with Crippen LogP contribution in [0.5, 0.6) is 0 Å². The monoisotopic (exact) mass is 823 g/mol. The first-order valence-electron chi connectivity index (χ1n) is 23.7. The molecular formula is C60H38N2S. The predicted octanol–water partition coefficient (Wildman–Crippen LogP) is 16.9. The van der Waals surface area contributed by atoms with Crippen molar-refractivity contribution >= 4 is 75.1 Å². The van der Waals surface area contributed by atoms with Crippen molar-refractivity contribution in [2.45, 2.75) is 0 Å². The smallest absolute Gasteiger partial charge is 0.0629 e. The first-order valence-corrected chi connectivity index (χ1v) is 22.0. The van der Waals surface area contributed by atoms with E-state index in [0.717, 1.165) is 75.5 Å². The van der Waals surface area contributed by atoms with Gasteiger partial charge in [-0.05, 0) is 117 Å². The van der Waals surface area contributed by atoms with E-state index in [4.69, 9.17) is 6.85 Å². The minimum atomic E-state index is -0.390. The zero-order valence-corrected chi connectivity index (χ0v) is 34.7. The van der Waals surface area contributed by atoms with Gasteiger partial charge in [-0.3, -0.25) is 0 Å². The van der Waals surface area contributed by atoms with E-state index in [-0.39, 0.29) is 35.8 Å². The highest BCUT2D eigenvalue weighted by Crippen LogP contribution is 2.43. The number of hydrogen-bond acceptors (Lipinski definition) is 1. The topological polar surface area (TPSA) is 9.86 Å². The van der Waals surface area contributed by atoms with Crippen molar-refractivity contribution in [1.82, 2.24) is 9.13 Å². The Morgan fingerprint density at radius 2 is 0.841 bits per heavy atom. The van der Waals surface area contributed by atoms with Crippen LogP contribution in [-0.4, -0.2) is 9.13 Å². The van der Waals surface area contributed by atoms with Crippen molar-refractivity contribution in [1.29, 1.82) is 0 Å². The van der Waals surface area contributed by atoms with Gasteiger partial charge in [0.15, 0.2) is 0 Å². The van der Waals surface area contributed by atoms with Crippen LogP contribution in [0.2, 0.25) is 0 Å². The van der Waals surface area contributed by atoms with Gasteiger partial charge in [-0.1, -0.05) is 158 Å². The Balaban J connectivity index is 0.890. The molecule has 0 bridgehead atoms. The van der Waals surface area contributed by atoms with E-state index in [1.165, 1.54) is 33.0 Å². The highest BCUT2D eigenvalue weighted by Gasteiger charge is 2.18. The van der Waals surface area contributed by atoms with Crippen LogP contribution in [0.15, 0.2) is 230 Å². The minimum absolute atomic E-state index is 0.195. The van der Waals surface area contributed by atoms with Gasteiger partial charge >= 0.3 is 0 Å². The van der Waals surface area contributed by atoms with Crippen LogP contribution in [0.1, 0.15) is 6.85 Å². The molecule has 0 unspecified atom stereocenters. The maximum Gasteiger partial charge on any atom is 0.0629 e. The van der Waals surface area contributed by atoms with Crippen molar-refractivity contribution in [3.63, 3.8) is 0 Å². The lowest BCUT2D eigenvalue weighted by atomic mass is 9.99. The molecule has 0 atom stereocenters. The number of aromatic nitrogens is 2. The molecule has 3 heteroatoms. The maximum atomic E-state index is 8.74. The number of thiophene rings is 1. The van der Waals surface area contributed by atoms with Crippen molar-refractivity contribution in [2.24, 2.45) is 0 Å². The summed E-state index contributed by atoms with van der Waals surface area (Å²) in [5.74, 6) is 0. The summed E-state index contributed by atoms with van der Waals surface area (Å²) < 4.78 is 49.1. The summed E-state index contributed by atoms with van der Waals surface area (Å²) in [7, 11) is 0. The van der Waals surface area contributed by atoms with E-state index in [2.05, 4.69) is 191 Å². The van der Waals surface area contributed by atoms with Gasteiger partial charge in [-0.2, -0.15) is 0 Å². The fourth-order valence-corrected chi connectivity index (χ4v) is 10.9. The lowest BCUT2D eigenvalue weighted by Gasteiger charge is -2.11. The van der Waals surface area contributed by atoms with Crippen molar-refractivity contribution in [2.75, 3.05) is 0 Å². The molecule has 294 valence electrons. The van der Waals surface area contributed by atoms with Crippen LogP contribution < -0.4 is 0 Å². The number of nitrogens with zero attached hydrogens (tertiary/aromatic N) is 2. The molecule has 13 rings (SSSR count). The molecule has 10 aromatic carbocycles. The van der Waals surface area contributed by atoms with E-state index >= 15 is 0 Å². The molecule has 0 saturated heterocycles. The molecule has 0 spiro atoms. The molecular weight excluding hydrogens is 781 g/mol. The number of para-hydroxylation sites is 2. The SMILES string of the molecule is [2H]c1c([2H])c([2H])c(-c2cccc3sc4cc(-n5c6ccccc6c6cc(-c7ccc8c(c7)c7ccccc7n8-c7ccc(-c8cccc(-c9ccccc9)c8)cc7)ccc65)ccc4c23)c([2H])c1[2H]. The maximum absolute atomic E-state index is 8.74. The highest BCUT2D eigenvalue weighted by molar-refractivity contribution is 7.26. The van der Waals surface area contributed by atoms with Gasteiger partial charge in [0.25, 0.3) is 0 Å². The van der Waals surface area contributed by atoms with Gasteiger partial charge in [-0.15, -0.1) is 11.3 Å². The Morgan fingerprint density at radius 3 is 1.52 bits per heavy atom. The van der Waals surface area contributed by atoms with E-state index in [0.29, 0.717) is 5.56 Å². The molecule has 13 aromatic rings. The average molecular weight is 824 g/mol. The molecule has 2 nitrogen and oxygen atoms in total. The normalized spacial score (nSPS) is 12.9. The molecule has 0 N–H and O–H groups in total. The first-order chi connectivity index (χ1) is 33.3. The standard InChI is InChI=1S/C60H38N2S/c1-3-13-39(14-4-1)42-17-11-18-43(35-42)40-25-29-46(30-26-40)61-54-22-9-7-19-49(54)52-36-44(27-33-56(52)61)45-28-34-57-53(37-45)50-20-8-10-23-55(50)62(57)47-31-32-51-59(38-47)63-58-24-12-21-48(60(51)58)41-15-5-2-6-16-41/h1-38H/i2D,5D,6D,15D,16D. The third kappa shape index (κ3) is 5.78. The van der Waals surface area contributed by atoms with Gasteiger partial charge < -0.3 is 9.13 Å². The van der Waals surface area contributed by atoms with Gasteiger partial charge in [-0.25, -0.2) is 0 Å². The van der Waals surface area contributed by atoms with Crippen molar-refractivity contribution in [3.8, 4) is 55.9 Å². The van der Waals surface area contributed by atoms with E-state index in [9.17, 15) is 0 Å². The van der Waals surface area contributed by atoms with Crippen LogP contribution in [-0.2, 0) is 0 Å². The molecule has 0 fully saturated rings. The summed E-state index contributed by atoms with van der Waals surface area (Å²) in [4.78, 5) is 0. The molecule has 63 heavy (non-hydrogen) atoms. The van der Waals surface area contributed by atoms with Gasteiger partial charge in [0.1, 0.15) is 0 Å². The Kier molecular flexibility index (Phi) is 7.03.